The number of H-pyrrole nitrogens is 1. The number of hydrogen-bond acceptors (Lipinski definition) is 3. The van der Waals surface area contributed by atoms with Crippen LogP contribution in [0.1, 0.15) is 45.6 Å². The fourth-order valence-corrected chi connectivity index (χ4v) is 3.33. The number of nitrogens with one attached hydrogen (secondary N) is 1. The van der Waals surface area contributed by atoms with Crippen molar-refractivity contribution in [1.29, 1.82) is 0 Å². The molecule has 1 N–H and O–H groups in total. The molecule has 5 heteroatoms. The first kappa shape index (κ1) is 13.5. The van der Waals surface area contributed by atoms with Crippen molar-refractivity contribution in [3.63, 3.8) is 0 Å². The molecule has 2 aromatic rings. The minimum absolute atomic E-state index is 0.0488. The number of unbranched alkanes of at least 4 members (excludes halogenated alkanes) is 2. The summed E-state index contributed by atoms with van der Waals surface area (Å²) in [6, 6.07) is 2.07. The van der Waals surface area contributed by atoms with E-state index >= 15 is 0 Å². The minimum Gasteiger partial charge on any atom is -0.331 e. The van der Waals surface area contributed by atoms with E-state index in [0.29, 0.717) is 4.77 Å². The normalized spacial score (nSPS) is 13.0. The standard InChI is InChI=1S/C13H18N2OS2/c1-3-4-5-6-9(2)15-12(16)11-10(7-8-18-11)14-13(15)17/h7-9H,3-6H2,1-2H3,(H,14,17). The number of aromatic amines is 1. The second kappa shape index (κ2) is 5.80. The van der Waals surface area contributed by atoms with Crippen LogP contribution in [0.25, 0.3) is 10.2 Å². The van der Waals surface area contributed by atoms with Crippen molar-refractivity contribution in [3.05, 3.63) is 26.6 Å². The molecule has 2 heterocycles. The van der Waals surface area contributed by atoms with Crippen molar-refractivity contribution in [2.75, 3.05) is 0 Å². The van der Waals surface area contributed by atoms with Crippen LogP contribution < -0.4 is 5.56 Å². The lowest BCUT2D eigenvalue weighted by Gasteiger charge is -2.14. The monoisotopic (exact) mass is 282 g/mol. The molecule has 0 saturated carbocycles. The molecule has 18 heavy (non-hydrogen) atoms. The Balaban J connectivity index is 2.37. The van der Waals surface area contributed by atoms with Crippen molar-refractivity contribution in [3.8, 4) is 0 Å². The molecule has 0 fully saturated rings. The number of nitrogens with zero attached hydrogens (tertiary/aromatic N) is 1. The molecule has 3 nitrogen and oxygen atoms in total. The molecule has 0 saturated heterocycles. The smallest absolute Gasteiger partial charge is 0.272 e. The van der Waals surface area contributed by atoms with Crippen LogP contribution in [0.2, 0.25) is 0 Å². The van der Waals surface area contributed by atoms with Crippen molar-refractivity contribution in [2.24, 2.45) is 0 Å². The van der Waals surface area contributed by atoms with E-state index < -0.39 is 0 Å². The average Bonchev–Trinajstić information content (AvgIpc) is 2.77. The van der Waals surface area contributed by atoms with Crippen LogP contribution in [-0.2, 0) is 0 Å². The highest BCUT2D eigenvalue weighted by molar-refractivity contribution is 7.71. The summed E-state index contributed by atoms with van der Waals surface area (Å²) in [7, 11) is 0. The van der Waals surface area contributed by atoms with Crippen LogP contribution in [0.3, 0.4) is 0 Å². The maximum atomic E-state index is 12.4. The van der Waals surface area contributed by atoms with Gasteiger partial charge in [0.15, 0.2) is 4.77 Å². The molecule has 0 radical (unpaired) electrons. The van der Waals surface area contributed by atoms with Gasteiger partial charge in [0.25, 0.3) is 5.56 Å². The number of fused-ring (bicyclic) bond motifs is 1. The van der Waals surface area contributed by atoms with Gasteiger partial charge in [-0.1, -0.05) is 26.2 Å². The van der Waals surface area contributed by atoms with Gasteiger partial charge in [0.2, 0.25) is 0 Å². The highest BCUT2D eigenvalue weighted by Crippen LogP contribution is 2.18. The van der Waals surface area contributed by atoms with Crippen molar-refractivity contribution in [1.82, 2.24) is 9.55 Å². The topological polar surface area (TPSA) is 37.8 Å². The first-order chi connectivity index (χ1) is 8.65. The van der Waals surface area contributed by atoms with E-state index in [-0.39, 0.29) is 11.6 Å². The molecule has 1 atom stereocenters. The Kier molecular flexibility index (Phi) is 4.35. The van der Waals surface area contributed by atoms with Gasteiger partial charge in [-0.25, -0.2) is 0 Å². The first-order valence-corrected chi connectivity index (χ1v) is 7.66. The van der Waals surface area contributed by atoms with Gasteiger partial charge in [-0.15, -0.1) is 11.3 Å². The number of aromatic nitrogens is 2. The predicted molar refractivity (Wildman–Crippen MR) is 80.1 cm³/mol. The predicted octanol–water partition coefficient (Wildman–Crippen LogP) is 4.26. The number of hydrogen-bond donors (Lipinski definition) is 1. The summed E-state index contributed by atoms with van der Waals surface area (Å²) in [6.07, 6.45) is 4.54. The summed E-state index contributed by atoms with van der Waals surface area (Å²) in [5.74, 6) is 0. The van der Waals surface area contributed by atoms with E-state index in [0.717, 1.165) is 23.1 Å². The number of rotatable bonds is 5. The highest BCUT2D eigenvalue weighted by Gasteiger charge is 2.12. The molecule has 1 unspecified atom stereocenters. The molecular weight excluding hydrogens is 264 g/mol. The van der Waals surface area contributed by atoms with E-state index in [4.69, 9.17) is 12.2 Å². The summed E-state index contributed by atoms with van der Waals surface area (Å²) < 4.78 is 3.03. The molecule has 0 bridgehead atoms. The summed E-state index contributed by atoms with van der Waals surface area (Å²) >= 11 is 6.77. The van der Waals surface area contributed by atoms with Gasteiger partial charge >= 0.3 is 0 Å². The van der Waals surface area contributed by atoms with Crippen LogP contribution >= 0.6 is 23.6 Å². The third-order valence-corrected chi connectivity index (χ3v) is 4.41. The first-order valence-electron chi connectivity index (χ1n) is 6.37. The van der Waals surface area contributed by atoms with E-state index in [1.165, 1.54) is 24.2 Å². The van der Waals surface area contributed by atoms with Gasteiger partial charge in [-0.2, -0.15) is 0 Å². The lowest BCUT2D eigenvalue weighted by molar-refractivity contribution is 0.459. The van der Waals surface area contributed by atoms with Gasteiger partial charge in [0.05, 0.1) is 5.52 Å². The second-order valence-corrected chi connectivity index (χ2v) is 5.92. The summed E-state index contributed by atoms with van der Waals surface area (Å²) in [5.41, 5.74) is 0.903. The highest BCUT2D eigenvalue weighted by atomic mass is 32.1. The zero-order valence-electron chi connectivity index (χ0n) is 10.7. The summed E-state index contributed by atoms with van der Waals surface area (Å²) in [6.45, 7) is 4.25. The molecule has 2 rings (SSSR count). The Bertz CT molecular complexity index is 638. The third kappa shape index (κ3) is 2.57. The van der Waals surface area contributed by atoms with Crippen molar-refractivity contribution in [2.45, 2.75) is 45.6 Å². The molecule has 2 aromatic heterocycles. The van der Waals surface area contributed by atoms with E-state index in [1.807, 2.05) is 11.4 Å². The Morgan fingerprint density at radius 2 is 2.28 bits per heavy atom. The van der Waals surface area contributed by atoms with E-state index in [2.05, 4.69) is 18.8 Å². The summed E-state index contributed by atoms with van der Waals surface area (Å²) in [5, 5.41) is 1.92. The van der Waals surface area contributed by atoms with E-state index in [9.17, 15) is 4.79 Å². The van der Waals surface area contributed by atoms with Crippen LogP contribution in [0.15, 0.2) is 16.2 Å². The van der Waals surface area contributed by atoms with Crippen molar-refractivity contribution >= 4 is 33.8 Å². The molecule has 0 aliphatic carbocycles. The van der Waals surface area contributed by atoms with E-state index in [1.54, 1.807) is 4.57 Å². The Morgan fingerprint density at radius 1 is 1.50 bits per heavy atom. The molecule has 98 valence electrons. The largest absolute Gasteiger partial charge is 0.331 e. The zero-order valence-corrected chi connectivity index (χ0v) is 12.4. The quantitative estimate of drug-likeness (QED) is 0.657. The average molecular weight is 282 g/mol. The molecule has 0 aliphatic heterocycles. The van der Waals surface area contributed by atoms with Gasteiger partial charge < -0.3 is 4.98 Å². The molecular formula is C13H18N2OS2. The fraction of sp³-hybridized carbons (Fsp3) is 0.538. The minimum atomic E-state index is 0.0488. The van der Waals surface area contributed by atoms with Gasteiger partial charge in [-0.3, -0.25) is 9.36 Å². The maximum Gasteiger partial charge on any atom is 0.272 e. The molecule has 0 aliphatic rings. The van der Waals surface area contributed by atoms with Gasteiger partial charge in [0, 0.05) is 6.04 Å². The molecule has 0 amide bonds. The summed E-state index contributed by atoms with van der Waals surface area (Å²) in [4.78, 5) is 15.5. The Labute approximate surface area is 115 Å². The van der Waals surface area contributed by atoms with Crippen molar-refractivity contribution < 1.29 is 0 Å². The lowest BCUT2D eigenvalue weighted by atomic mass is 10.1. The fourth-order valence-electron chi connectivity index (χ4n) is 2.17. The van der Waals surface area contributed by atoms with Gasteiger partial charge in [0.1, 0.15) is 4.70 Å². The third-order valence-electron chi connectivity index (χ3n) is 3.20. The van der Waals surface area contributed by atoms with Gasteiger partial charge in [-0.05, 0) is 37.0 Å². The Hall–Kier alpha value is -0.940. The van der Waals surface area contributed by atoms with Crippen LogP contribution in [-0.4, -0.2) is 9.55 Å². The number of thiophene rings is 1. The molecule has 0 spiro atoms. The second-order valence-electron chi connectivity index (χ2n) is 4.61. The SMILES string of the molecule is CCCCCC(C)n1c(=S)[nH]c2ccsc2c1=O. The van der Waals surface area contributed by atoms with Crippen LogP contribution in [0.4, 0.5) is 0 Å². The van der Waals surface area contributed by atoms with Crippen LogP contribution in [0, 0.1) is 4.77 Å². The van der Waals surface area contributed by atoms with Crippen LogP contribution in [0.5, 0.6) is 0 Å². The zero-order chi connectivity index (χ0) is 13.1. The lowest BCUT2D eigenvalue weighted by Crippen LogP contribution is -2.24. The Morgan fingerprint density at radius 3 is 3.00 bits per heavy atom. The maximum absolute atomic E-state index is 12.4. The molecule has 0 aromatic carbocycles.